The molecule has 0 saturated heterocycles. The number of carbonyl (C=O) groups is 3. The highest BCUT2D eigenvalue weighted by atomic mass is 16.5. The molecular weight excluding hydrogens is 378 g/mol. The number of nitrogens with one attached hydrogen (secondary N) is 2. The summed E-state index contributed by atoms with van der Waals surface area (Å²) < 4.78 is 9.98. The van der Waals surface area contributed by atoms with Gasteiger partial charge in [-0.1, -0.05) is 44.2 Å². The zero-order valence-electron chi connectivity index (χ0n) is 17.0. The molecule has 0 aliphatic rings. The van der Waals surface area contributed by atoms with E-state index in [1.54, 1.807) is 38.1 Å². The molecule has 0 heterocycles. The van der Waals surface area contributed by atoms with Crippen molar-refractivity contribution in [1.82, 2.24) is 10.2 Å². The monoisotopic (exact) mass is 407 g/mol. The van der Waals surface area contributed by atoms with Crippen molar-refractivity contribution in [3.05, 3.63) is 35.9 Å². The molecule has 1 rings (SSSR count). The Kier molecular flexibility index (Phi) is 10.2. The SMILES string of the molecule is CC(C)C(=O)OCCCCOC(=O)NC(=N)N(C)C(Cc1ccccc1)C(=O)O. The summed E-state index contributed by atoms with van der Waals surface area (Å²) in [4.78, 5) is 35.9. The number of amides is 1. The van der Waals surface area contributed by atoms with Gasteiger partial charge >= 0.3 is 18.0 Å². The number of alkyl carbamates (subject to hydrolysis) is 1. The van der Waals surface area contributed by atoms with E-state index >= 15 is 0 Å². The van der Waals surface area contributed by atoms with Gasteiger partial charge in [0.2, 0.25) is 5.96 Å². The summed E-state index contributed by atoms with van der Waals surface area (Å²) in [5.74, 6) is -1.93. The molecular formula is C20H29N3O6. The predicted octanol–water partition coefficient (Wildman–Crippen LogP) is 2.25. The summed E-state index contributed by atoms with van der Waals surface area (Å²) in [6, 6.07) is 8.02. The molecule has 1 amide bonds. The minimum atomic E-state index is -1.10. The molecule has 0 bridgehead atoms. The lowest BCUT2D eigenvalue weighted by molar-refractivity contribution is -0.147. The predicted molar refractivity (Wildman–Crippen MR) is 107 cm³/mol. The van der Waals surface area contributed by atoms with Crippen molar-refractivity contribution in [1.29, 1.82) is 5.41 Å². The number of hydrogen-bond acceptors (Lipinski definition) is 6. The number of carboxylic acid groups (broad SMARTS) is 1. The van der Waals surface area contributed by atoms with Gasteiger partial charge in [0.1, 0.15) is 6.04 Å². The van der Waals surface area contributed by atoms with Crippen molar-refractivity contribution < 1.29 is 29.0 Å². The molecule has 0 aliphatic carbocycles. The van der Waals surface area contributed by atoms with Crippen LogP contribution in [0.15, 0.2) is 30.3 Å². The van der Waals surface area contributed by atoms with Crippen LogP contribution in [-0.2, 0) is 25.5 Å². The average molecular weight is 407 g/mol. The number of nitrogens with zero attached hydrogens (tertiary/aromatic N) is 1. The number of hydrogen-bond donors (Lipinski definition) is 3. The van der Waals surface area contributed by atoms with Gasteiger partial charge in [-0.05, 0) is 18.4 Å². The van der Waals surface area contributed by atoms with E-state index in [2.05, 4.69) is 5.32 Å². The molecule has 1 aromatic rings. The average Bonchev–Trinajstić information content (AvgIpc) is 2.68. The van der Waals surface area contributed by atoms with E-state index in [1.165, 1.54) is 11.9 Å². The molecule has 0 aliphatic heterocycles. The Morgan fingerprint density at radius 3 is 2.24 bits per heavy atom. The standard InChI is InChI=1S/C20H29N3O6/c1-14(2)18(26)28-11-7-8-12-29-20(27)22-19(21)23(3)16(17(24)25)13-15-9-5-4-6-10-15/h4-6,9-10,14,16H,7-8,11-13H2,1-3H3,(H,24,25)(H2,21,22,27). The lowest BCUT2D eigenvalue weighted by Gasteiger charge is -2.26. The molecule has 0 saturated carbocycles. The Balaban J connectivity index is 2.37. The molecule has 0 spiro atoms. The second kappa shape index (κ2) is 12.4. The third kappa shape index (κ3) is 9.09. The van der Waals surface area contributed by atoms with Crippen LogP contribution in [-0.4, -0.2) is 60.3 Å². The minimum absolute atomic E-state index is 0.0917. The fraction of sp³-hybridized carbons (Fsp3) is 0.500. The van der Waals surface area contributed by atoms with E-state index in [1.807, 2.05) is 6.07 Å². The van der Waals surface area contributed by atoms with Crippen molar-refractivity contribution >= 4 is 24.0 Å². The Labute approximate surface area is 170 Å². The van der Waals surface area contributed by atoms with Crippen LogP contribution in [0.5, 0.6) is 0 Å². The molecule has 9 nitrogen and oxygen atoms in total. The summed E-state index contributed by atoms with van der Waals surface area (Å²) in [5, 5.41) is 19.6. The second-order valence-electron chi connectivity index (χ2n) is 6.79. The van der Waals surface area contributed by atoms with Crippen LogP contribution >= 0.6 is 0 Å². The molecule has 160 valence electrons. The Morgan fingerprint density at radius 1 is 1.10 bits per heavy atom. The zero-order chi connectivity index (χ0) is 21.8. The normalized spacial score (nSPS) is 11.4. The van der Waals surface area contributed by atoms with Gasteiger partial charge in [0, 0.05) is 13.5 Å². The van der Waals surface area contributed by atoms with E-state index in [9.17, 15) is 19.5 Å². The molecule has 0 aromatic heterocycles. The summed E-state index contributed by atoms with van der Waals surface area (Å²) in [5.41, 5.74) is 0.806. The lowest BCUT2D eigenvalue weighted by Crippen LogP contribution is -2.50. The molecule has 3 N–H and O–H groups in total. The smallest absolute Gasteiger partial charge is 0.413 e. The maximum atomic E-state index is 11.8. The number of ether oxygens (including phenoxy) is 2. The highest BCUT2D eigenvalue weighted by molar-refractivity contribution is 5.94. The van der Waals surface area contributed by atoms with Crippen molar-refractivity contribution in [3.63, 3.8) is 0 Å². The van der Waals surface area contributed by atoms with Gasteiger partial charge in [-0.15, -0.1) is 0 Å². The second-order valence-corrected chi connectivity index (χ2v) is 6.79. The van der Waals surface area contributed by atoms with Crippen LogP contribution in [0, 0.1) is 11.3 Å². The number of esters is 1. The highest BCUT2D eigenvalue weighted by Crippen LogP contribution is 2.08. The maximum Gasteiger partial charge on any atom is 0.413 e. The van der Waals surface area contributed by atoms with Crippen molar-refractivity contribution in [2.75, 3.05) is 20.3 Å². The van der Waals surface area contributed by atoms with Gasteiger partial charge in [0.15, 0.2) is 0 Å². The van der Waals surface area contributed by atoms with E-state index in [0.717, 1.165) is 5.56 Å². The van der Waals surface area contributed by atoms with Gasteiger partial charge in [-0.3, -0.25) is 15.5 Å². The first-order chi connectivity index (χ1) is 13.7. The number of likely N-dealkylation sites (N-methyl/N-ethyl adjacent to an activating group) is 1. The number of unbranched alkanes of at least 4 members (excludes halogenated alkanes) is 1. The number of guanidine groups is 1. The van der Waals surface area contributed by atoms with Crippen LogP contribution in [0.2, 0.25) is 0 Å². The van der Waals surface area contributed by atoms with Gasteiger partial charge in [0.25, 0.3) is 0 Å². The van der Waals surface area contributed by atoms with Crippen LogP contribution in [0.1, 0.15) is 32.3 Å². The lowest BCUT2D eigenvalue weighted by atomic mass is 10.1. The van der Waals surface area contributed by atoms with Crippen LogP contribution in [0.4, 0.5) is 4.79 Å². The fourth-order valence-corrected chi connectivity index (χ4v) is 2.31. The summed E-state index contributed by atoms with van der Waals surface area (Å²) >= 11 is 0. The molecule has 1 aromatic carbocycles. The summed E-state index contributed by atoms with van der Waals surface area (Å²) in [6.45, 7) is 3.84. The number of carbonyl (C=O) groups excluding carboxylic acids is 2. The van der Waals surface area contributed by atoms with Gasteiger partial charge < -0.3 is 19.5 Å². The first-order valence-electron chi connectivity index (χ1n) is 9.41. The fourth-order valence-electron chi connectivity index (χ4n) is 2.31. The highest BCUT2D eigenvalue weighted by Gasteiger charge is 2.26. The molecule has 0 radical (unpaired) electrons. The Bertz CT molecular complexity index is 693. The maximum absolute atomic E-state index is 11.8. The van der Waals surface area contributed by atoms with Crippen LogP contribution in [0.3, 0.4) is 0 Å². The van der Waals surface area contributed by atoms with E-state index in [0.29, 0.717) is 12.8 Å². The Hall–Kier alpha value is -3.10. The number of rotatable bonds is 10. The summed E-state index contributed by atoms with van der Waals surface area (Å²) in [7, 11) is 1.42. The molecule has 1 atom stereocenters. The quantitative estimate of drug-likeness (QED) is 0.235. The van der Waals surface area contributed by atoms with Gasteiger partial charge in [-0.25, -0.2) is 9.59 Å². The zero-order valence-corrected chi connectivity index (χ0v) is 17.0. The van der Waals surface area contributed by atoms with E-state index < -0.39 is 18.1 Å². The van der Waals surface area contributed by atoms with E-state index in [-0.39, 0.29) is 37.5 Å². The third-order valence-electron chi connectivity index (χ3n) is 4.09. The van der Waals surface area contributed by atoms with Gasteiger partial charge in [0.05, 0.1) is 19.1 Å². The molecule has 1 unspecified atom stereocenters. The topological polar surface area (TPSA) is 129 Å². The summed E-state index contributed by atoms with van der Waals surface area (Å²) in [6.07, 6.45) is 0.375. The number of aliphatic carboxylic acids is 1. The first-order valence-corrected chi connectivity index (χ1v) is 9.41. The number of carboxylic acids is 1. The minimum Gasteiger partial charge on any atom is -0.480 e. The third-order valence-corrected chi connectivity index (χ3v) is 4.09. The van der Waals surface area contributed by atoms with Crippen LogP contribution < -0.4 is 5.32 Å². The molecule has 0 fully saturated rings. The van der Waals surface area contributed by atoms with Crippen molar-refractivity contribution in [3.8, 4) is 0 Å². The molecule has 29 heavy (non-hydrogen) atoms. The van der Waals surface area contributed by atoms with Crippen molar-refractivity contribution in [2.24, 2.45) is 5.92 Å². The Morgan fingerprint density at radius 2 is 1.69 bits per heavy atom. The van der Waals surface area contributed by atoms with Crippen molar-refractivity contribution in [2.45, 2.75) is 39.2 Å². The van der Waals surface area contributed by atoms with Gasteiger partial charge in [-0.2, -0.15) is 0 Å². The number of benzene rings is 1. The van der Waals surface area contributed by atoms with E-state index in [4.69, 9.17) is 14.9 Å². The molecule has 9 heteroatoms. The van der Waals surface area contributed by atoms with Crippen LogP contribution in [0.25, 0.3) is 0 Å². The largest absolute Gasteiger partial charge is 0.480 e. The first kappa shape index (κ1) is 23.9.